The molecule has 0 heterocycles. The summed E-state index contributed by atoms with van der Waals surface area (Å²) in [6.45, 7) is 24.6. The van der Waals surface area contributed by atoms with Crippen molar-refractivity contribution in [3.8, 4) is 28.7 Å². The van der Waals surface area contributed by atoms with Gasteiger partial charge in [-0.05, 0) is 95.8 Å². The Hall–Kier alpha value is -2.76. The summed E-state index contributed by atoms with van der Waals surface area (Å²) in [5.41, 5.74) is 2.34. The fourth-order valence-corrected chi connectivity index (χ4v) is 8.02. The summed E-state index contributed by atoms with van der Waals surface area (Å²) >= 11 is 4.25. The van der Waals surface area contributed by atoms with Gasteiger partial charge in [0, 0.05) is 35.1 Å². The van der Waals surface area contributed by atoms with Crippen LogP contribution < -0.4 is 23.1 Å². The van der Waals surface area contributed by atoms with Gasteiger partial charge in [-0.1, -0.05) is 87.1 Å². The average Bonchev–Trinajstić information content (AvgIpc) is 3.20. The molecule has 0 saturated heterocycles. The standard InChI is InChI=1S/C23H34O2.C19H23F3O5S.C5H11.BrH.Zn/c1-7-8-9-10-18-14-21(24-5)23(22(15-18)25-6)20-13-17(4)11-12-19(20)16(2)3;1-11(2)14-7-6-12(3)8-15(14)18-16(25-4)9-13(10-17(18)26-5)27-28(23,24)19(20,21)22;1-3-5-4-2;;/h13-15,19-20H,2,7-12H2,1,3-6H3;8-10,14-15H,1,6-7H2,2-5H3;1,3-5H2,2H3;1H;/q;;-1;;+2/p-1/t19-,20+;14-,15+;;;/m00.../s1. The average molecular weight is 979 g/mol. The van der Waals surface area contributed by atoms with Gasteiger partial charge in [-0.2, -0.15) is 28.0 Å². The molecule has 4 rings (SSSR count). The molecule has 2 aliphatic rings. The number of allylic oxidation sites excluding steroid dienone is 6. The van der Waals surface area contributed by atoms with E-state index in [1.807, 2.05) is 13.8 Å². The third-order valence-electron chi connectivity index (χ3n) is 10.7. The molecule has 0 amide bonds. The zero-order valence-corrected chi connectivity index (χ0v) is 43.0. The number of methoxy groups -OCH3 is 4. The van der Waals surface area contributed by atoms with Crippen molar-refractivity contribution in [3.05, 3.63) is 95.5 Å². The Morgan fingerprint density at radius 3 is 1.43 bits per heavy atom. The normalized spacial score (nSPS) is 18.7. The van der Waals surface area contributed by atoms with Crippen molar-refractivity contribution in [2.75, 3.05) is 28.4 Å². The Kier molecular flexibility index (Phi) is 25.2. The maximum atomic E-state index is 12.6. The molecule has 0 unspecified atom stereocenters. The van der Waals surface area contributed by atoms with Crippen LogP contribution in [0.1, 0.15) is 134 Å². The van der Waals surface area contributed by atoms with Crippen LogP contribution in [0.25, 0.3) is 0 Å². The molecule has 2 aliphatic carbocycles. The van der Waals surface area contributed by atoms with E-state index in [4.69, 9.17) is 18.9 Å². The number of aryl methyl sites for hydroxylation is 1. The van der Waals surface area contributed by atoms with Crippen LogP contribution >= 0.6 is 13.6 Å². The molecule has 0 aliphatic heterocycles. The van der Waals surface area contributed by atoms with Crippen molar-refractivity contribution < 1.29 is 61.1 Å². The number of rotatable bonds is 16. The van der Waals surface area contributed by atoms with E-state index in [-0.39, 0.29) is 29.3 Å². The molecule has 4 atom stereocenters. The topological polar surface area (TPSA) is 80.3 Å². The number of alkyl halides is 3. The van der Waals surface area contributed by atoms with Gasteiger partial charge in [0.05, 0.1) is 28.4 Å². The van der Waals surface area contributed by atoms with Crippen molar-refractivity contribution >= 4 is 23.7 Å². The molecule has 334 valence electrons. The molecular formula is C47H68BrF3O7SZn. The van der Waals surface area contributed by atoms with E-state index in [9.17, 15) is 21.6 Å². The van der Waals surface area contributed by atoms with Gasteiger partial charge < -0.3 is 30.1 Å². The van der Waals surface area contributed by atoms with Crippen molar-refractivity contribution in [1.29, 1.82) is 0 Å². The van der Waals surface area contributed by atoms with E-state index in [2.05, 4.69) is 89.9 Å². The zero-order chi connectivity index (χ0) is 45.8. The molecule has 2 aromatic carbocycles. The van der Waals surface area contributed by atoms with E-state index < -0.39 is 21.4 Å². The molecule has 7 nitrogen and oxygen atoms in total. The summed E-state index contributed by atoms with van der Waals surface area (Å²) in [6, 6.07) is 6.66. The third-order valence-corrected chi connectivity index (χ3v) is 11.7. The van der Waals surface area contributed by atoms with Gasteiger partial charge in [-0.3, -0.25) is 0 Å². The number of unbranched alkanes of at least 4 members (excludes halogenated alkanes) is 4. The summed E-state index contributed by atoms with van der Waals surface area (Å²) in [4.78, 5) is 0. The van der Waals surface area contributed by atoms with Crippen molar-refractivity contribution in [2.45, 2.75) is 130 Å². The Balaban J connectivity index is 0.000000522. The first kappa shape index (κ1) is 55.3. The Morgan fingerprint density at radius 1 is 0.750 bits per heavy atom. The quantitative estimate of drug-likeness (QED) is 0.0414. The number of benzene rings is 2. The van der Waals surface area contributed by atoms with Crippen molar-refractivity contribution in [1.82, 2.24) is 0 Å². The van der Waals surface area contributed by atoms with E-state index >= 15 is 0 Å². The summed E-state index contributed by atoms with van der Waals surface area (Å²) in [5.74, 6) is 2.34. The zero-order valence-electron chi connectivity index (χ0n) is 37.7. The number of hydrogen-bond donors (Lipinski definition) is 0. The molecule has 0 saturated carbocycles. The molecule has 2 aromatic rings. The van der Waals surface area contributed by atoms with E-state index in [0.717, 1.165) is 73.3 Å². The molecule has 0 aromatic heterocycles. The van der Waals surface area contributed by atoms with Gasteiger partial charge in [0.25, 0.3) is 0 Å². The number of hydrogen-bond acceptors (Lipinski definition) is 7. The van der Waals surface area contributed by atoms with Crippen LogP contribution in [0.15, 0.2) is 71.9 Å². The van der Waals surface area contributed by atoms with Gasteiger partial charge in [-0.25, -0.2) is 0 Å². The van der Waals surface area contributed by atoms with Crippen LogP contribution in [-0.4, -0.2) is 42.4 Å². The monoisotopic (exact) mass is 976 g/mol. The minimum atomic E-state index is -5.81. The number of ether oxygens (including phenoxy) is 4. The van der Waals surface area contributed by atoms with Gasteiger partial charge >= 0.3 is 45.6 Å². The van der Waals surface area contributed by atoms with E-state index in [0.29, 0.717) is 11.5 Å². The van der Waals surface area contributed by atoms with Crippen LogP contribution in [0.2, 0.25) is 0 Å². The number of halogens is 4. The second-order valence-corrected chi connectivity index (χ2v) is 16.9. The Morgan fingerprint density at radius 2 is 1.13 bits per heavy atom. The van der Waals surface area contributed by atoms with Crippen LogP contribution in [0.5, 0.6) is 28.7 Å². The summed E-state index contributed by atoms with van der Waals surface area (Å²) in [6.07, 6.45) is 16.9. The summed E-state index contributed by atoms with van der Waals surface area (Å²) in [7, 11) is 0.411. The maximum absolute atomic E-state index is 12.6. The summed E-state index contributed by atoms with van der Waals surface area (Å²) in [5, 5.41) is 0. The molecule has 60 heavy (non-hydrogen) atoms. The molecule has 0 fully saturated rings. The SMILES string of the molecule is C=C(C)[C@@H]1CCC(C)=C[C@H]1c1c(OC)cc(CCCCC)cc1OC.C=C(C)[C@@H]1CCC(C)=C[C@H]1c1c(OC)cc(OS(=O)(=O)C(F)(F)F)cc1OC.[CH2-]CCCC.[Zn+][Br]. The van der Waals surface area contributed by atoms with Crippen molar-refractivity contribution in [2.24, 2.45) is 11.8 Å². The first-order valence-electron chi connectivity index (χ1n) is 20.6. The van der Waals surface area contributed by atoms with Gasteiger partial charge in [0.2, 0.25) is 0 Å². The molecular weight excluding hydrogens is 911 g/mol. The minimum absolute atomic E-state index is 0.0807. The Bertz CT molecular complexity index is 1790. The van der Waals surface area contributed by atoms with Gasteiger partial charge in [-0.15, -0.1) is 0 Å². The van der Waals surface area contributed by atoms with E-state index in [1.54, 1.807) is 14.2 Å². The van der Waals surface area contributed by atoms with Crippen LogP contribution in [0.4, 0.5) is 13.2 Å². The summed E-state index contributed by atoms with van der Waals surface area (Å²) < 4.78 is 87.2. The molecule has 0 N–H and O–H groups in total. The molecule has 0 bridgehead atoms. The van der Waals surface area contributed by atoms with E-state index in [1.165, 1.54) is 84.9 Å². The van der Waals surface area contributed by atoms with Crippen molar-refractivity contribution in [3.63, 3.8) is 0 Å². The predicted octanol–water partition coefficient (Wildman–Crippen LogP) is 14.3. The van der Waals surface area contributed by atoms with Gasteiger partial charge in [0.15, 0.2) is 0 Å². The first-order valence-corrected chi connectivity index (χ1v) is 28.9. The third kappa shape index (κ3) is 16.2. The fraction of sp³-hybridized carbons (Fsp3) is 0.553. The second kappa shape index (κ2) is 27.3. The fourth-order valence-electron chi connectivity index (χ4n) is 7.57. The van der Waals surface area contributed by atoms with Crippen LogP contribution in [0, 0.1) is 18.8 Å². The van der Waals surface area contributed by atoms with Crippen LogP contribution in [-0.2, 0) is 32.9 Å². The van der Waals surface area contributed by atoms with Gasteiger partial charge in [0.1, 0.15) is 28.7 Å². The predicted molar refractivity (Wildman–Crippen MR) is 240 cm³/mol. The second-order valence-electron chi connectivity index (χ2n) is 15.4. The molecule has 0 spiro atoms. The first-order chi connectivity index (χ1) is 28.3. The molecule has 13 heteroatoms. The molecule has 0 radical (unpaired) electrons. The van der Waals surface area contributed by atoms with Crippen LogP contribution in [0.3, 0.4) is 0 Å². The Labute approximate surface area is 376 Å².